The molecule has 0 saturated carbocycles. The Hall–Kier alpha value is -1.05. The maximum Gasteiger partial charge on any atom is 0.142 e. The molecule has 0 unspecified atom stereocenters. The summed E-state index contributed by atoms with van der Waals surface area (Å²) in [7, 11) is 8.65. The van der Waals surface area contributed by atoms with Crippen LogP contribution < -0.4 is 0 Å². The fourth-order valence-corrected chi connectivity index (χ4v) is 3.51. The number of rotatable bonds is 20. The van der Waals surface area contributed by atoms with Crippen LogP contribution in [-0.2, 0) is 28.5 Å². The number of unbranched alkanes of at least 4 members (excludes halogenated alkanes) is 2. The van der Waals surface area contributed by atoms with Crippen molar-refractivity contribution in [3.05, 3.63) is 24.3 Å². The molecule has 0 radical (unpaired) electrons. The van der Waals surface area contributed by atoms with Gasteiger partial charge in [0.15, 0.2) is 0 Å². The molecule has 5 atom stereocenters. The topological polar surface area (TPSA) is 63.2 Å². The summed E-state index contributed by atoms with van der Waals surface area (Å²) < 4.78 is 28.4. The zero-order valence-corrected chi connectivity index (χ0v) is 19.9. The zero-order chi connectivity index (χ0) is 22.6. The Morgan fingerprint density at radius 2 is 1.17 bits per heavy atom. The van der Waals surface area contributed by atoms with Crippen LogP contribution in [0.4, 0.5) is 0 Å². The van der Waals surface area contributed by atoms with E-state index in [0.717, 1.165) is 32.0 Å². The highest BCUT2D eigenvalue weighted by molar-refractivity contribution is 5.65. The van der Waals surface area contributed by atoms with Gasteiger partial charge >= 0.3 is 0 Å². The molecule has 0 spiro atoms. The van der Waals surface area contributed by atoms with Gasteiger partial charge in [-0.15, -0.1) is 0 Å². The van der Waals surface area contributed by atoms with Crippen molar-refractivity contribution in [1.82, 2.24) is 0 Å². The molecule has 0 aromatic rings. The molecule has 0 rings (SSSR count). The molecule has 0 bridgehead atoms. The second-order valence-electron chi connectivity index (χ2n) is 7.55. The first-order valence-electron chi connectivity index (χ1n) is 11.0. The molecule has 176 valence electrons. The fraction of sp³-hybridized carbons (Fsp3) is 0.792. The Morgan fingerprint density at radius 3 is 1.63 bits per heavy atom. The predicted octanol–water partition coefficient (Wildman–Crippen LogP) is 4.51. The standard InChI is InChI=1S/C24H44O6/c1-7-8-10-13-20(26-2)16-22(28-4)18-24(30-6)19-23(29-5)17-21(27-3)14-11-9-12-15-25/h9,11-12,14-15,20-24H,7-8,10,13,16-19H2,1-6H3/b12-9+,14-11+/t20-,21+,22-,23+,24-/m1/s1. The van der Waals surface area contributed by atoms with E-state index in [4.69, 9.17) is 23.7 Å². The van der Waals surface area contributed by atoms with Crippen LogP contribution in [0.15, 0.2) is 24.3 Å². The summed E-state index contributed by atoms with van der Waals surface area (Å²) in [5.74, 6) is 0. The molecule has 0 saturated heterocycles. The van der Waals surface area contributed by atoms with Crippen LogP contribution in [0.2, 0.25) is 0 Å². The normalized spacial score (nSPS) is 17.3. The first kappa shape index (κ1) is 28.9. The number of carbonyl (C=O) groups is 1. The van der Waals surface area contributed by atoms with Gasteiger partial charge in [-0.05, 0) is 31.8 Å². The number of methoxy groups -OCH3 is 5. The number of hydrogen-bond donors (Lipinski definition) is 0. The summed E-state index contributed by atoms with van der Waals surface area (Å²) in [5.41, 5.74) is 0. The molecule has 0 heterocycles. The van der Waals surface area contributed by atoms with Gasteiger partial charge in [0.2, 0.25) is 0 Å². The van der Waals surface area contributed by atoms with Crippen molar-refractivity contribution in [2.75, 3.05) is 35.5 Å². The lowest BCUT2D eigenvalue weighted by molar-refractivity contribution is -0.104. The molecule has 0 amide bonds. The van der Waals surface area contributed by atoms with Gasteiger partial charge in [-0.3, -0.25) is 4.79 Å². The summed E-state index contributed by atoms with van der Waals surface area (Å²) >= 11 is 0. The third kappa shape index (κ3) is 14.0. The first-order valence-corrected chi connectivity index (χ1v) is 11.0. The Balaban J connectivity index is 4.75. The molecule has 0 aliphatic heterocycles. The quantitative estimate of drug-likeness (QED) is 0.123. The zero-order valence-electron chi connectivity index (χ0n) is 19.9. The average molecular weight is 429 g/mol. The Morgan fingerprint density at radius 1 is 0.633 bits per heavy atom. The van der Waals surface area contributed by atoms with Gasteiger partial charge in [-0.1, -0.05) is 44.4 Å². The third-order valence-corrected chi connectivity index (χ3v) is 5.46. The lowest BCUT2D eigenvalue weighted by Gasteiger charge is -2.28. The average Bonchev–Trinajstić information content (AvgIpc) is 2.77. The minimum atomic E-state index is -0.0987. The summed E-state index contributed by atoms with van der Waals surface area (Å²) in [6, 6.07) is 0. The van der Waals surface area contributed by atoms with E-state index in [-0.39, 0.29) is 30.5 Å². The van der Waals surface area contributed by atoms with Crippen LogP contribution in [0.25, 0.3) is 0 Å². The first-order chi connectivity index (χ1) is 14.6. The Bertz CT molecular complexity index is 451. The van der Waals surface area contributed by atoms with Gasteiger partial charge in [-0.25, -0.2) is 0 Å². The molecule has 0 N–H and O–H groups in total. The van der Waals surface area contributed by atoms with Crippen molar-refractivity contribution in [3.63, 3.8) is 0 Å². The van der Waals surface area contributed by atoms with E-state index in [0.29, 0.717) is 6.42 Å². The van der Waals surface area contributed by atoms with Gasteiger partial charge in [0.05, 0.1) is 30.5 Å². The minimum absolute atomic E-state index is 0.0140. The van der Waals surface area contributed by atoms with E-state index in [1.54, 1.807) is 41.6 Å². The number of hydrogen-bond acceptors (Lipinski definition) is 6. The van der Waals surface area contributed by atoms with Crippen molar-refractivity contribution in [1.29, 1.82) is 0 Å². The Labute approximate surface area is 183 Å². The van der Waals surface area contributed by atoms with E-state index in [1.807, 2.05) is 12.2 Å². The molecule has 0 fully saturated rings. The summed E-state index contributed by atoms with van der Waals surface area (Å²) in [6.45, 7) is 2.21. The number of aldehydes is 1. The number of ether oxygens (including phenoxy) is 5. The Kier molecular flexibility index (Phi) is 19.2. The maximum absolute atomic E-state index is 10.4. The smallest absolute Gasteiger partial charge is 0.142 e. The van der Waals surface area contributed by atoms with E-state index in [2.05, 4.69) is 6.92 Å². The largest absolute Gasteiger partial charge is 0.381 e. The second kappa shape index (κ2) is 19.9. The highest BCUT2D eigenvalue weighted by Gasteiger charge is 2.24. The molecule has 30 heavy (non-hydrogen) atoms. The molecule has 0 aliphatic carbocycles. The van der Waals surface area contributed by atoms with E-state index >= 15 is 0 Å². The van der Waals surface area contributed by atoms with E-state index in [9.17, 15) is 4.79 Å². The SMILES string of the molecule is CCCCC[C@H](C[C@H](C[C@H](C[C@H](C[C@H](/C=C/C=C/C=O)OC)OC)OC)OC)OC. The van der Waals surface area contributed by atoms with Crippen LogP contribution in [0, 0.1) is 0 Å². The van der Waals surface area contributed by atoms with E-state index < -0.39 is 0 Å². The fourth-order valence-electron chi connectivity index (χ4n) is 3.51. The molecule has 0 aromatic heterocycles. The van der Waals surface area contributed by atoms with Gasteiger partial charge in [0.1, 0.15) is 6.29 Å². The highest BCUT2D eigenvalue weighted by Crippen LogP contribution is 2.21. The third-order valence-electron chi connectivity index (χ3n) is 5.46. The van der Waals surface area contributed by atoms with Crippen molar-refractivity contribution >= 4 is 6.29 Å². The van der Waals surface area contributed by atoms with Crippen LogP contribution in [0.5, 0.6) is 0 Å². The van der Waals surface area contributed by atoms with E-state index in [1.165, 1.54) is 25.3 Å². The maximum atomic E-state index is 10.4. The molecule has 0 aromatic carbocycles. The van der Waals surface area contributed by atoms with Gasteiger partial charge < -0.3 is 23.7 Å². The summed E-state index contributed by atoms with van der Waals surface area (Å²) in [4.78, 5) is 10.4. The lowest BCUT2D eigenvalue weighted by atomic mass is 9.97. The van der Waals surface area contributed by atoms with Crippen LogP contribution in [0.1, 0.15) is 58.3 Å². The molecular weight excluding hydrogens is 384 g/mol. The van der Waals surface area contributed by atoms with Crippen LogP contribution in [-0.4, -0.2) is 72.4 Å². The second-order valence-corrected chi connectivity index (χ2v) is 7.55. The number of allylic oxidation sites excluding steroid dienone is 3. The van der Waals surface area contributed by atoms with Crippen LogP contribution >= 0.6 is 0 Å². The van der Waals surface area contributed by atoms with Crippen molar-refractivity contribution in [3.8, 4) is 0 Å². The van der Waals surface area contributed by atoms with Crippen molar-refractivity contribution in [2.24, 2.45) is 0 Å². The van der Waals surface area contributed by atoms with Crippen molar-refractivity contribution < 1.29 is 28.5 Å². The van der Waals surface area contributed by atoms with Gasteiger partial charge in [-0.2, -0.15) is 0 Å². The predicted molar refractivity (Wildman–Crippen MR) is 121 cm³/mol. The highest BCUT2D eigenvalue weighted by atomic mass is 16.5. The van der Waals surface area contributed by atoms with Crippen LogP contribution in [0.3, 0.4) is 0 Å². The van der Waals surface area contributed by atoms with Gasteiger partial charge in [0.25, 0.3) is 0 Å². The summed E-state index contributed by atoms with van der Waals surface area (Å²) in [6.07, 6.45) is 15.6. The van der Waals surface area contributed by atoms with Crippen molar-refractivity contribution in [2.45, 2.75) is 88.8 Å². The molecule has 0 aliphatic rings. The lowest BCUT2D eigenvalue weighted by Crippen LogP contribution is -2.31. The molecule has 6 nitrogen and oxygen atoms in total. The number of carbonyl (C=O) groups excluding carboxylic acids is 1. The molecule has 6 heteroatoms. The monoisotopic (exact) mass is 428 g/mol. The summed E-state index contributed by atoms with van der Waals surface area (Å²) in [5, 5.41) is 0. The van der Waals surface area contributed by atoms with Gasteiger partial charge in [0, 0.05) is 42.0 Å². The minimum Gasteiger partial charge on any atom is -0.381 e. The molecular formula is C24H44O6.